The van der Waals surface area contributed by atoms with E-state index in [9.17, 15) is 8.78 Å². The lowest BCUT2D eigenvalue weighted by atomic mass is 10.0. The highest BCUT2D eigenvalue weighted by molar-refractivity contribution is 5.96. The fourth-order valence-corrected chi connectivity index (χ4v) is 2.73. The zero-order valence-corrected chi connectivity index (χ0v) is 11.2. The molecule has 0 spiro atoms. The number of rotatable bonds is 1. The maximum atomic E-state index is 14.4. The Kier molecular flexibility index (Phi) is 2.39. The molecule has 0 bridgehead atoms. The summed E-state index contributed by atoms with van der Waals surface area (Å²) in [7, 11) is 1.86. The van der Waals surface area contributed by atoms with Crippen LogP contribution in [-0.2, 0) is 7.05 Å². The van der Waals surface area contributed by atoms with Crippen LogP contribution in [-0.4, -0.2) is 14.0 Å². The third-order valence-electron chi connectivity index (χ3n) is 3.74. The van der Waals surface area contributed by atoms with Gasteiger partial charge in [-0.25, -0.2) is 13.8 Å². The van der Waals surface area contributed by atoms with E-state index in [4.69, 9.17) is 0 Å². The lowest BCUT2D eigenvalue weighted by Gasteiger charge is -2.04. The molecule has 0 N–H and O–H groups in total. The Morgan fingerprint density at radius 1 is 1.05 bits per heavy atom. The minimum Gasteiger partial charge on any atom is -0.350 e. The summed E-state index contributed by atoms with van der Waals surface area (Å²) in [6, 6.07) is 6.26. The second-order valence-electron chi connectivity index (χ2n) is 5.08. The van der Waals surface area contributed by atoms with E-state index in [0.29, 0.717) is 16.5 Å². The SMILES string of the molecule is Cn1cc(-c2cc3cncn3cc2F)c2cc(F)ccc21. The Labute approximate surface area is 119 Å². The highest BCUT2D eigenvalue weighted by Crippen LogP contribution is 2.33. The summed E-state index contributed by atoms with van der Waals surface area (Å²) in [5.41, 5.74) is 2.77. The minimum atomic E-state index is -0.364. The van der Waals surface area contributed by atoms with Gasteiger partial charge in [-0.1, -0.05) is 0 Å². The predicted octanol–water partition coefficient (Wildman–Crippen LogP) is 3.77. The van der Waals surface area contributed by atoms with E-state index < -0.39 is 0 Å². The summed E-state index contributed by atoms with van der Waals surface area (Å²) in [6.07, 6.45) is 6.41. The number of benzene rings is 1. The number of imidazole rings is 1. The van der Waals surface area contributed by atoms with Gasteiger partial charge in [0.15, 0.2) is 0 Å². The predicted molar refractivity (Wildman–Crippen MR) is 77.0 cm³/mol. The number of halogens is 2. The van der Waals surface area contributed by atoms with Crippen LogP contribution in [0.1, 0.15) is 0 Å². The molecule has 1 aromatic carbocycles. The molecule has 0 aliphatic heterocycles. The van der Waals surface area contributed by atoms with Gasteiger partial charge in [0.1, 0.15) is 11.6 Å². The Morgan fingerprint density at radius 3 is 2.76 bits per heavy atom. The molecule has 0 aliphatic rings. The van der Waals surface area contributed by atoms with Gasteiger partial charge in [-0.15, -0.1) is 0 Å². The summed E-state index contributed by atoms with van der Waals surface area (Å²) >= 11 is 0. The molecular formula is C16H11F2N3. The first kappa shape index (κ1) is 12.1. The van der Waals surface area contributed by atoms with Crippen LogP contribution < -0.4 is 0 Å². The van der Waals surface area contributed by atoms with E-state index in [-0.39, 0.29) is 11.6 Å². The Hall–Kier alpha value is -2.69. The molecule has 0 unspecified atom stereocenters. The van der Waals surface area contributed by atoms with Gasteiger partial charge in [0, 0.05) is 41.5 Å². The van der Waals surface area contributed by atoms with E-state index in [2.05, 4.69) is 4.98 Å². The second-order valence-corrected chi connectivity index (χ2v) is 5.08. The average molecular weight is 283 g/mol. The first-order chi connectivity index (χ1) is 10.1. The molecule has 3 aromatic heterocycles. The van der Waals surface area contributed by atoms with Crippen LogP contribution in [0, 0.1) is 11.6 Å². The standard InChI is InChI=1S/C16H11F2N3/c1-20-7-14(13-4-10(17)2-3-16(13)20)12-5-11-6-19-9-21(11)8-15(12)18/h2-9H,1H3. The molecule has 5 heteroatoms. The molecule has 21 heavy (non-hydrogen) atoms. The lowest BCUT2D eigenvalue weighted by Crippen LogP contribution is -1.89. The third-order valence-corrected chi connectivity index (χ3v) is 3.74. The highest BCUT2D eigenvalue weighted by Gasteiger charge is 2.14. The number of fused-ring (bicyclic) bond motifs is 2. The molecular weight excluding hydrogens is 272 g/mol. The average Bonchev–Trinajstić information content (AvgIpc) is 3.02. The van der Waals surface area contributed by atoms with E-state index in [0.717, 1.165) is 11.0 Å². The zero-order valence-electron chi connectivity index (χ0n) is 11.2. The first-order valence-corrected chi connectivity index (χ1v) is 6.49. The highest BCUT2D eigenvalue weighted by atomic mass is 19.1. The number of nitrogens with zero attached hydrogens (tertiary/aromatic N) is 3. The Bertz CT molecular complexity index is 982. The molecule has 3 heterocycles. The van der Waals surface area contributed by atoms with Crippen LogP contribution in [0.4, 0.5) is 8.78 Å². The van der Waals surface area contributed by atoms with E-state index in [1.807, 2.05) is 17.8 Å². The molecule has 4 rings (SSSR count). The third kappa shape index (κ3) is 1.74. The van der Waals surface area contributed by atoms with Crippen molar-refractivity contribution in [1.29, 1.82) is 0 Å². The summed E-state index contributed by atoms with van der Waals surface area (Å²) in [5, 5.41) is 0.695. The summed E-state index contributed by atoms with van der Waals surface area (Å²) in [6.45, 7) is 0. The maximum absolute atomic E-state index is 14.4. The van der Waals surface area contributed by atoms with Gasteiger partial charge in [-0.2, -0.15) is 0 Å². The fourth-order valence-electron chi connectivity index (χ4n) is 2.73. The number of aryl methyl sites for hydroxylation is 1. The van der Waals surface area contributed by atoms with Gasteiger partial charge in [-0.05, 0) is 24.3 Å². The van der Waals surface area contributed by atoms with Crippen LogP contribution in [0.2, 0.25) is 0 Å². The molecule has 0 atom stereocenters. The molecule has 3 nitrogen and oxygen atoms in total. The number of hydrogen-bond acceptors (Lipinski definition) is 1. The van der Waals surface area contributed by atoms with E-state index in [1.165, 1.54) is 18.3 Å². The zero-order chi connectivity index (χ0) is 14.6. The number of aromatic nitrogens is 3. The molecule has 0 saturated carbocycles. The molecule has 4 aromatic rings. The fraction of sp³-hybridized carbons (Fsp3) is 0.0625. The normalized spacial score (nSPS) is 11.6. The maximum Gasteiger partial charge on any atom is 0.147 e. The van der Waals surface area contributed by atoms with Crippen LogP contribution >= 0.6 is 0 Å². The lowest BCUT2D eigenvalue weighted by molar-refractivity contribution is 0.622. The van der Waals surface area contributed by atoms with Crippen molar-refractivity contribution in [2.24, 2.45) is 7.05 Å². The van der Waals surface area contributed by atoms with Crippen molar-refractivity contribution >= 4 is 16.4 Å². The minimum absolute atomic E-state index is 0.333. The largest absolute Gasteiger partial charge is 0.350 e. The topological polar surface area (TPSA) is 22.2 Å². The molecule has 0 aliphatic carbocycles. The van der Waals surface area contributed by atoms with Crippen LogP contribution in [0.25, 0.3) is 27.5 Å². The van der Waals surface area contributed by atoms with Crippen molar-refractivity contribution in [2.45, 2.75) is 0 Å². The van der Waals surface area contributed by atoms with Gasteiger partial charge < -0.3 is 8.97 Å². The molecule has 104 valence electrons. The van der Waals surface area contributed by atoms with Crippen molar-refractivity contribution in [3.8, 4) is 11.1 Å². The van der Waals surface area contributed by atoms with Crippen molar-refractivity contribution in [1.82, 2.24) is 14.0 Å². The quantitative estimate of drug-likeness (QED) is 0.521. The van der Waals surface area contributed by atoms with Crippen LogP contribution in [0.5, 0.6) is 0 Å². The molecule has 0 radical (unpaired) electrons. The summed E-state index contributed by atoms with van der Waals surface area (Å²) in [4.78, 5) is 3.99. The number of hydrogen-bond donors (Lipinski definition) is 0. The van der Waals surface area contributed by atoms with Crippen molar-refractivity contribution < 1.29 is 8.78 Å². The Morgan fingerprint density at radius 2 is 1.90 bits per heavy atom. The van der Waals surface area contributed by atoms with E-state index in [1.54, 1.807) is 29.1 Å². The van der Waals surface area contributed by atoms with Gasteiger partial charge in [-0.3, -0.25) is 0 Å². The molecule has 0 saturated heterocycles. The molecule has 0 amide bonds. The van der Waals surface area contributed by atoms with E-state index >= 15 is 0 Å². The second kappa shape index (κ2) is 4.15. The smallest absolute Gasteiger partial charge is 0.147 e. The van der Waals surface area contributed by atoms with Gasteiger partial charge >= 0.3 is 0 Å². The number of pyridine rings is 1. The van der Waals surface area contributed by atoms with Gasteiger partial charge in [0.2, 0.25) is 0 Å². The van der Waals surface area contributed by atoms with Crippen molar-refractivity contribution in [3.63, 3.8) is 0 Å². The van der Waals surface area contributed by atoms with Crippen LogP contribution in [0.15, 0.2) is 49.2 Å². The Balaban J connectivity index is 2.07. The van der Waals surface area contributed by atoms with Crippen molar-refractivity contribution in [3.05, 3.63) is 60.8 Å². The van der Waals surface area contributed by atoms with Gasteiger partial charge in [0.25, 0.3) is 0 Å². The van der Waals surface area contributed by atoms with Crippen molar-refractivity contribution in [2.75, 3.05) is 0 Å². The van der Waals surface area contributed by atoms with Gasteiger partial charge in [0.05, 0.1) is 18.0 Å². The monoisotopic (exact) mass is 283 g/mol. The summed E-state index contributed by atoms with van der Waals surface area (Å²) in [5.74, 6) is -0.696. The molecule has 0 fully saturated rings. The first-order valence-electron chi connectivity index (χ1n) is 6.49. The summed E-state index contributed by atoms with van der Waals surface area (Å²) < 4.78 is 31.4. The van der Waals surface area contributed by atoms with Crippen LogP contribution in [0.3, 0.4) is 0 Å².